The SMILES string of the molecule is C[C@@H]1CC[C@H]2[C@@H](C)C(OC(=O)c3ccc([N+](=O)[O-])cc3)O[C@@H]3O[C@]4(C)CC[C@@H]1[C@]32OO4. The molecule has 0 radical (unpaired) electrons. The number of nitro groups is 1. The molecule has 5 fully saturated rings. The summed E-state index contributed by atoms with van der Waals surface area (Å²) >= 11 is 0. The van der Waals surface area contributed by atoms with Crippen LogP contribution in [0.2, 0.25) is 0 Å². The number of carbonyl (C=O) groups is 1. The molecule has 8 atom stereocenters. The molecule has 1 aromatic rings. The Morgan fingerprint density at radius 2 is 1.87 bits per heavy atom. The zero-order valence-electron chi connectivity index (χ0n) is 17.8. The summed E-state index contributed by atoms with van der Waals surface area (Å²) in [7, 11) is 0. The lowest BCUT2D eigenvalue weighted by Crippen LogP contribution is -2.70. The molecule has 2 bridgehead atoms. The number of nitrogens with zero attached hydrogens (tertiary/aromatic N) is 1. The highest BCUT2D eigenvalue weighted by Gasteiger charge is 2.69. The number of benzene rings is 1. The molecule has 4 aliphatic heterocycles. The van der Waals surface area contributed by atoms with Crippen LogP contribution in [0.5, 0.6) is 0 Å². The van der Waals surface area contributed by atoms with E-state index < -0.39 is 34.9 Å². The maximum atomic E-state index is 12.7. The summed E-state index contributed by atoms with van der Waals surface area (Å²) in [5.74, 6) is -0.903. The number of ether oxygens (including phenoxy) is 3. The maximum absolute atomic E-state index is 12.7. The number of hydrogen-bond donors (Lipinski definition) is 0. The van der Waals surface area contributed by atoms with Crippen molar-refractivity contribution in [3.8, 4) is 0 Å². The highest BCUT2D eigenvalue weighted by Crippen LogP contribution is 2.60. The highest BCUT2D eigenvalue weighted by atomic mass is 17.3. The molecule has 1 spiro atoms. The zero-order valence-corrected chi connectivity index (χ0v) is 17.8. The van der Waals surface area contributed by atoms with Crippen LogP contribution in [-0.4, -0.2) is 34.9 Å². The second kappa shape index (κ2) is 7.23. The van der Waals surface area contributed by atoms with Gasteiger partial charge < -0.3 is 14.2 Å². The van der Waals surface area contributed by atoms with Crippen molar-refractivity contribution in [2.75, 3.05) is 0 Å². The summed E-state index contributed by atoms with van der Waals surface area (Å²) in [6.45, 7) is 6.08. The first-order valence-corrected chi connectivity index (χ1v) is 10.9. The van der Waals surface area contributed by atoms with Gasteiger partial charge in [0.1, 0.15) is 0 Å². The largest absolute Gasteiger partial charge is 0.432 e. The second-order valence-corrected chi connectivity index (χ2v) is 9.48. The normalized spacial score (nSPS) is 43.6. The topological polar surface area (TPSA) is 106 Å². The van der Waals surface area contributed by atoms with Gasteiger partial charge >= 0.3 is 5.97 Å². The molecule has 31 heavy (non-hydrogen) atoms. The molecule has 0 amide bonds. The van der Waals surface area contributed by atoms with Crippen LogP contribution < -0.4 is 0 Å². The lowest BCUT2D eigenvalue weighted by atomic mass is 9.58. The minimum atomic E-state index is -0.898. The van der Waals surface area contributed by atoms with Gasteiger partial charge in [0.25, 0.3) is 5.69 Å². The van der Waals surface area contributed by atoms with Crippen LogP contribution in [0, 0.1) is 33.8 Å². The number of non-ortho nitro benzene ring substituents is 1. The van der Waals surface area contributed by atoms with E-state index >= 15 is 0 Å². The minimum absolute atomic E-state index is 0.0461. The fourth-order valence-corrected chi connectivity index (χ4v) is 5.90. The molecular weight excluding hydrogens is 406 g/mol. The lowest BCUT2D eigenvalue weighted by molar-refractivity contribution is -0.576. The highest BCUT2D eigenvalue weighted by molar-refractivity contribution is 5.89. The molecule has 1 unspecified atom stereocenters. The number of carbonyl (C=O) groups excluding carboxylic acids is 1. The van der Waals surface area contributed by atoms with Crippen molar-refractivity contribution in [3.05, 3.63) is 39.9 Å². The predicted octanol–water partition coefficient (Wildman–Crippen LogP) is 3.96. The van der Waals surface area contributed by atoms with Gasteiger partial charge in [-0.15, -0.1) is 0 Å². The molecule has 0 aromatic heterocycles. The molecule has 1 aliphatic carbocycles. The van der Waals surface area contributed by atoms with Crippen LogP contribution in [0.3, 0.4) is 0 Å². The van der Waals surface area contributed by atoms with E-state index in [-0.39, 0.29) is 29.0 Å². The van der Waals surface area contributed by atoms with Crippen LogP contribution >= 0.6 is 0 Å². The van der Waals surface area contributed by atoms with Gasteiger partial charge in [0.2, 0.25) is 12.1 Å². The van der Waals surface area contributed by atoms with E-state index in [0.717, 1.165) is 19.3 Å². The van der Waals surface area contributed by atoms with Gasteiger partial charge in [0.15, 0.2) is 11.9 Å². The number of hydrogen-bond acceptors (Lipinski definition) is 8. The van der Waals surface area contributed by atoms with Crippen LogP contribution in [-0.2, 0) is 24.0 Å². The van der Waals surface area contributed by atoms with Gasteiger partial charge in [-0.25, -0.2) is 14.6 Å². The Balaban J connectivity index is 1.40. The summed E-state index contributed by atoms with van der Waals surface area (Å²) < 4.78 is 18.2. The summed E-state index contributed by atoms with van der Waals surface area (Å²) in [4.78, 5) is 34.9. The van der Waals surface area contributed by atoms with E-state index in [0.29, 0.717) is 12.3 Å². The van der Waals surface area contributed by atoms with Crippen molar-refractivity contribution in [1.82, 2.24) is 0 Å². The van der Waals surface area contributed by atoms with Gasteiger partial charge in [-0.2, -0.15) is 0 Å². The van der Waals surface area contributed by atoms with Crippen LogP contribution in [0.25, 0.3) is 0 Å². The third kappa shape index (κ3) is 3.17. The fraction of sp³-hybridized carbons (Fsp3) is 0.682. The first kappa shape index (κ1) is 20.8. The van der Waals surface area contributed by atoms with Crippen molar-refractivity contribution in [3.63, 3.8) is 0 Å². The molecule has 4 saturated heterocycles. The van der Waals surface area contributed by atoms with E-state index in [1.165, 1.54) is 24.3 Å². The van der Waals surface area contributed by atoms with Crippen molar-refractivity contribution in [1.29, 1.82) is 0 Å². The monoisotopic (exact) mass is 433 g/mol. The standard InChI is InChI=1S/C22H27NO8/c1-12-4-9-17-13(2)19(27-18(24)14-5-7-15(8-6-14)23(25)26)28-20-22(17)16(12)10-11-21(3,29-20)30-31-22/h5-8,12-13,16-17,19-20H,4,9-11H2,1-3H3/t12-,13-,16+,17+,19?,20-,21+,22-/m1/s1. The summed E-state index contributed by atoms with van der Waals surface area (Å²) in [6.07, 6.45) is 2.07. The Morgan fingerprint density at radius 1 is 1.13 bits per heavy atom. The van der Waals surface area contributed by atoms with E-state index in [4.69, 9.17) is 24.0 Å². The van der Waals surface area contributed by atoms with Crippen molar-refractivity contribution in [2.45, 2.75) is 70.4 Å². The second-order valence-electron chi connectivity index (χ2n) is 9.48. The van der Waals surface area contributed by atoms with Crippen molar-refractivity contribution in [2.24, 2.45) is 23.7 Å². The molecule has 1 saturated carbocycles. The number of rotatable bonds is 3. The lowest BCUT2D eigenvalue weighted by Gasteiger charge is -2.59. The molecule has 6 rings (SSSR count). The Bertz CT molecular complexity index is 890. The van der Waals surface area contributed by atoms with E-state index in [2.05, 4.69) is 6.92 Å². The summed E-state index contributed by atoms with van der Waals surface area (Å²) in [5.41, 5.74) is -0.577. The van der Waals surface area contributed by atoms with Crippen LogP contribution in [0.15, 0.2) is 24.3 Å². The Hall–Kier alpha value is -2.07. The third-order valence-corrected chi connectivity index (χ3v) is 7.63. The van der Waals surface area contributed by atoms with Gasteiger partial charge in [-0.3, -0.25) is 10.1 Å². The van der Waals surface area contributed by atoms with Gasteiger partial charge in [0.05, 0.1) is 10.5 Å². The van der Waals surface area contributed by atoms with Crippen molar-refractivity contribution >= 4 is 11.7 Å². The third-order valence-electron chi connectivity index (χ3n) is 7.63. The average molecular weight is 433 g/mol. The Labute approximate surface area is 180 Å². The van der Waals surface area contributed by atoms with Crippen molar-refractivity contribution < 1.29 is 33.7 Å². The number of esters is 1. The molecule has 168 valence electrons. The minimum Gasteiger partial charge on any atom is -0.432 e. The number of fused-ring (bicyclic) bond motifs is 2. The summed E-state index contributed by atoms with van der Waals surface area (Å²) in [6, 6.07) is 5.33. The quantitative estimate of drug-likeness (QED) is 0.305. The molecule has 9 heteroatoms. The fourth-order valence-electron chi connectivity index (χ4n) is 5.90. The first-order chi connectivity index (χ1) is 14.7. The van der Waals surface area contributed by atoms with Crippen LogP contribution in [0.1, 0.15) is 56.8 Å². The summed E-state index contributed by atoms with van der Waals surface area (Å²) in [5, 5.41) is 10.8. The van der Waals surface area contributed by atoms with E-state index in [9.17, 15) is 14.9 Å². The Morgan fingerprint density at radius 3 is 2.58 bits per heavy atom. The number of nitro benzene ring substituents is 1. The molecule has 0 N–H and O–H groups in total. The van der Waals surface area contributed by atoms with Gasteiger partial charge in [0, 0.05) is 30.4 Å². The van der Waals surface area contributed by atoms with Gasteiger partial charge in [-0.05, 0) is 50.2 Å². The molecular formula is C22H27NO8. The zero-order chi connectivity index (χ0) is 22.0. The van der Waals surface area contributed by atoms with E-state index in [1.54, 1.807) is 0 Å². The smallest absolute Gasteiger partial charge is 0.340 e. The van der Waals surface area contributed by atoms with Gasteiger partial charge in [-0.1, -0.05) is 13.8 Å². The molecule has 1 aromatic carbocycles. The van der Waals surface area contributed by atoms with Crippen LogP contribution in [0.4, 0.5) is 5.69 Å². The maximum Gasteiger partial charge on any atom is 0.340 e. The molecule has 9 nitrogen and oxygen atoms in total. The first-order valence-electron chi connectivity index (χ1n) is 10.9. The predicted molar refractivity (Wildman–Crippen MR) is 105 cm³/mol. The Kier molecular flexibility index (Phi) is 4.85. The van der Waals surface area contributed by atoms with E-state index in [1.807, 2.05) is 13.8 Å². The molecule has 5 aliphatic rings. The average Bonchev–Trinajstić information content (AvgIpc) is 2.98. The molecule has 4 heterocycles.